The summed E-state index contributed by atoms with van der Waals surface area (Å²) in [6.07, 6.45) is 0.925. The van der Waals surface area contributed by atoms with Crippen LogP contribution in [0.1, 0.15) is 34.6 Å². The zero-order valence-corrected chi connectivity index (χ0v) is 14.1. The van der Waals surface area contributed by atoms with E-state index in [2.05, 4.69) is 5.32 Å². The van der Waals surface area contributed by atoms with Crippen LogP contribution >= 0.6 is 0 Å². The zero-order chi connectivity index (χ0) is 17.1. The van der Waals surface area contributed by atoms with Gasteiger partial charge in [-0.25, -0.2) is 8.78 Å². The maximum Gasteiger partial charge on any atom is 0.123 e. The third kappa shape index (κ3) is 4.00. The van der Waals surface area contributed by atoms with Crippen LogP contribution in [0.2, 0.25) is 0 Å². The Balaban J connectivity index is 1.74. The number of ether oxygens (including phenoxy) is 1. The van der Waals surface area contributed by atoms with E-state index in [1.165, 1.54) is 18.2 Å². The molecule has 1 fully saturated rings. The van der Waals surface area contributed by atoms with Gasteiger partial charge in [-0.05, 0) is 73.3 Å². The predicted octanol–water partition coefficient (Wildman–Crippen LogP) is 4.24. The monoisotopic (exact) mass is 331 g/mol. The number of piperidine rings is 1. The van der Waals surface area contributed by atoms with E-state index in [0.29, 0.717) is 6.61 Å². The molecule has 1 N–H and O–H groups in total. The van der Waals surface area contributed by atoms with Crippen LogP contribution in [0, 0.1) is 25.5 Å². The first-order chi connectivity index (χ1) is 11.5. The highest BCUT2D eigenvalue weighted by molar-refractivity contribution is 5.31. The van der Waals surface area contributed by atoms with Gasteiger partial charge in [-0.2, -0.15) is 0 Å². The van der Waals surface area contributed by atoms with Gasteiger partial charge in [-0.1, -0.05) is 12.1 Å². The second-order valence-electron chi connectivity index (χ2n) is 6.59. The summed E-state index contributed by atoms with van der Waals surface area (Å²) in [6.45, 7) is 5.89. The number of benzene rings is 2. The number of nitrogens with one attached hydrogen (secondary N) is 1. The van der Waals surface area contributed by atoms with E-state index < -0.39 is 0 Å². The van der Waals surface area contributed by atoms with Crippen molar-refractivity contribution in [3.8, 4) is 0 Å². The quantitative estimate of drug-likeness (QED) is 0.904. The molecule has 0 aromatic heterocycles. The molecule has 3 rings (SSSR count). The van der Waals surface area contributed by atoms with Crippen molar-refractivity contribution in [2.75, 3.05) is 13.1 Å². The molecule has 1 aliphatic heterocycles. The summed E-state index contributed by atoms with van der Waals surface area (Å²) in [4.78, 5) is 0. The molecule has 0 bridgehead atoms. The Hall–Kier alpha value is -1.78. The van der Waals surface area contributed by atoms with Gasteiger partial charge in [0.2, 0.25) is 0 Å². The highest BCUT2D eigenvalue weighted by Crippen LogP contribution is 2.29. The van der Waals surface area contributed by atoms with Gasteiger partial charge in [-0.15, -0.1) is 0 Å². The molecule has 24 heavy (non-hydrogen) atoms. The average molecular weight is 331 g/mol. The Morgan fingerprint density at radius 3 is 2.67 bits per heavy atom. The smallest absolute Gasteiger partial charge is 0.123 e. The fourth-order valence-electron chi connectivity index (χ4n) is 3.50. The molecule has 2 unspecified atom stereocenters. The summed E-state index contributed by atoms with van der Waals surface area (Å²) < 4.78 is 33.0. The molecule has 0 aliphatic carbocycles. The minimum Gasteiger partial charge on any atom is -0.373 e. The van der Waals surface area contributed by atoms with Crippen LogP contribution in [0.4, 0.5) is 8.78 Å². The van der Waals surface area contributed by atoms with Crippen LogP contribution in [-0.2, 0) is 11.3 Å². The van der Waals surface area contributed by atoms with Gasteiger partial charge in [0.1, 0.15) is 11.6 Å². The second-order valence-corrected chi connectivity index (χ2v) is 6.59. The molecular formula is C20H23F2NO. The lowest BCUT2D eigenvalue weighted by Gasteiger charge is -2.33. The summed E-state index contributed by atoms with van der Waals surface area (Å²) in [5.74, 6) is -0.272. The molecule has 0 amide bonds. The van der Waals surface area contributed by atoms with Crippen molar-refractivity contribution < 1.29 is 13.5 Å². The number of aryl methyl sites for hydroxylation is 2. The fraction of sp³-hybridized carbons (Fsp3) is 0.400. The summed E-state index contributed by atoms with van der Waals surface area (Å²) >= 11 is 0. The van der Waals surface area contributed by atoms with Gasteiger partial charge in [0.15, 0.2) is 0 Å². The summed E-state index contributed by atoms with van der Waals surface area (Å²) in [6, 6.07) is 9.90. The van der Waals surface area contributed by atoms with Crippen LogP contribution in [0.3, 0.4) is 0 Å². The van der Waals surface area contributed by atoms with Crippen LogP contribution in [-0.4, -0.2) is 19.2 Å². The van der Waals surface area contributed by atoms with Gasteiger partial charge in [0, 0.05) is 12.5 Å². The Bertz CT molecular complexity index is 697. The van der Waals surface area contributed by atoms with E-state index in [0.717, 1.165) is 41.8 Å². The minimum absolute atomic E-state index is 0.0407. The Morgan fingerprint density at radius 2 is 1.92 bits per heavy atom. The average Bonchev–Trinajstić information content (AvgIpc) is 2.53. The Kier molecular flexibility index (Phi) is 5.27. The maximum atomic E-state index is 13.5. The molecule has 2 aromatic carbocycles. The summed E-state index contributed by atoms with van der Waals surface area (Å²) in [7, 11) is 0. The predicted molar refractivity (Wildman–Crippen MR) is 91.1 cm³/mol. The molecule has 0 radical (unpaired) electrons. The molecule has 1 heterocycles. The number of halogens is 2. The lowest BCUT2D eigenvalue weighted by Crippen LogP contribution is -2.40. The van der Waals surface area contributed by atoms with Gasteiger partial charge in [0.05, 0.1) is 12.7 Å². The first kappa shape index (κ1) is 17.1. The largest absolute Gasteiger partial charge is 0.373 e. The third-order valence-electron chi connectivity index (χ3n) is 4.62. The van der Waals surface area contributed by atoms with Gasteiger partial charge < -0.3 is 10.1 Å². The lowest BCUT2D eigenvalue weighted by molar-refractivity contribution is 0.00666. The molecule has 0 saturated carbocycles. The summed E-state index contributed by atoms with van der Waals surface area (Å²) in [5.41, 5.74) is 3.80. The van der Waals surface area contributed by atoms with Crippen molar-refractivity contribution in [1.82, 2.24) is 5.32 Å². The molecule has 128 valence electrons. The molecule has 4 heteroatoms. The van der Waals surface area contributed by atoms with Crippen LogP contribution in [0.5, 0.6) is 0 Å². The Labute approximate surface area is 141 Å². The maximum absolute atomic E-state index is 13.5. The van der Waals surface area contributed by atoms with Crippen molar-refractivity contribution in [3.05, 3.63) is 70.3 Å². The van der Waals surface area contributed by atoms with Crippen LogP contribution in [0.15, 0.2) is 36.4 Å². The van der Waals surface area contributed by atoms with Gasteiger partial charge in [-0.3, -0.25) is 0 Å². The standard InChI is InChI=1S/C20H23F2NO/c1-13-7-15(10-17(22)8-13)12-24-20-5-6-23-11-19(20)18-4-3-16(21)9-14(18)2/h3-4,7-10,19-20,23H,5-6,11-12H2,1-2H3. The minimum atomic E-state index is -0.232. The van der Waals surface area contributed by atoms with Crippen molar-refractivity contribution >= 4 is 0 Å². The SMILES string of the molecule is Cc1cc(F)cc(COC2CCNCC2c2ccc(F)cc2C)c1. The van der Waals surface area contributed by atoms with E-state index in [9.17, 15) is 8.78 Å². The van der Waals surface area contributed by atoms with Crippen molar-refractivity contribution in [3.63, 3.8) is 0 Å². The van der Waals surface area contributed by atoms with Crippen LogP contribution < -0.4 is 5.32 Å². The molecule has 0 spiro atoms. The van der Waals surface area contributed by atoms with Crippen molar-refractivity contribution in [2.45, 2.75) is 38.9 Å². The van der Waals surface area contributed by atoms with E-state index in [1.54, 1.807) is 6.07 Å². The Morgan fingerprint density at radius 1 is 1.08 bits per heavy atom. The van der Waals surface area contributed by atoms with Gasteiger partial charge in [0.25, 0.3) is 0 Å². The fourth-order valence-corrected chi connectivity index (χ4v) is 3.50. The lowest BCUT2D eigenvalue weighted by atomic mass is 9.86. The van der Waals surface area contributed by atoms with E-state index in [-0.39, 0.29) is 23.7 Å². The molecule has 1 saturated heterocycles. The van der Waals surface area contributed by atoms with E-state index in [4.69, 9.17) is 4.74 Å². The number of hydrogen-bond acceptors (Lipinski definition) is 2. The molecular weight excluding hydrogens is 308 g/mol. The first-order valence-corrected chi connectivity index (χ1v) is 8.37. The summed E-state index contributed by atoms with van der Waals surface area (Å²) in [5, 5.41) is 3.39. The second kappa shape index (κ2) is 7.41. The van der Waals surface area contributed by atoms with E-state index >= 15 is 0 Å². The zero-order valence-electron chi connectivity index (χ0n) is 14.1. The topological polar surface area (TPSA) is 21.3 Å². The van der Waals surface area contributed by atoms with Crippen molar-refractivity contribution in [2.24, 2.45) is 0 Å². The third-order valence-corrected chi connectivity index (χ3v) is 4.62. The highest BCUT2D eigenvalue weighted by atomic mass is 19.1. The van der Waals surface area contributed by atoms with Gasteiger partial charge >= 0.3 is 0 Å². The molecule has 2 aromatic rings. The molecule has 2 atom stereocenters. The number of hydrogen-bond donors (Lipinski definition) is 1. The first-order valence-electron chi connectivity index (χ1n) is 8.37. The van der Waals surface area contributed by atoms with Crippen molar-refractivity contribution in [1.29, 1.82) is 0 Å². The molecule has 1 aliphatic rings. The van der Waals surface area contributed by atoms with E-state index in [1.807, 2.05) is 26.0 Å². The van der Waals surface area contributed by atoms with Crippen LogP contribution in [0.25, 0.3) is 0 Å². The number of rotatable bonds is 4. The molecule has 2 nitrogen and oxygen atoms in total. The highest BCUT2D eigenvalue weighted by Gasteiger charge is 2.28. The normalized spacial score (nSPS) is 21.0.